The second-order valence-electron chi connectivity index (χ2n) is 4.04. The molecule has 2 N–H and O–H groups in total. The predicted octanol–water partition coefficient (Wildman–Crippen LogP) is 3.61. The Hall–Kier alpha value is -1.63. The zero-order valence-corrected chi connectivity index (χ0v) is 11.9. The molecule has 3 aromatic rings. The number of aromatic amines is 1. The van der Waals surface area contributed by atoms with Gasteiger partial charge in [-0.15, -0.1) is 0 Å². The van der Waals surface area contributed by atoms with E-state index in [1.54, 1.807) is 6.20 Å². The number of nitrogens with zero attached hydrogens (tertiary/aromatic N) is 2. The van der Waals surface area contributed by atoms with E-state index in [9.17, 15) is 0 Å². The van der Waals surface area contributed by atoms with E-state index >= 15 is 0 Å². The zero-order valence-electron chi connectivity index (χ0n) is 9.74. The SMILES string of the molecule is Cc1[nH]nc2ccnc(Nc3cccc(I)c3)c12. The largest absolute Gasteiger partial charge is 0.340 e. The van der Waals surface area contributed by atoms with Gasteiger partial charge < -0.3 is 5.32 Å². The van der Waals surface area contributed by atoms with Crippen molar-refractivity contribution < 1.29 is 0 Å². The van der Waals surface area contributed by atoms with Gasteiger partial charge in [0, 0.05) is 21.1 Å². The Morgan fingerprint density at radius 3 is 3.00 bits per heavy atom. The molecule has 0 atom stereocenters. The number of aromatic nitrogens is 3. The fourth-order valence-corrected chi connectivity index (χ4v) is 2.46. The summed E-state index contributed by atoms with van der Waals surface area (Å²) in [4.78, 5) is 4.39. The highest BCUT2D eigenvalue weighted by molar-refractivity contribution is 14.1. The van der Waals surface area contributed by atoms with E-state index in [2.05, 4.69) is 55.2 Å². The molecular formula is C13H11IN4. The maximum absolute atomic E-state index is 4.39. The van der Waals surface area contributed by atoms with Crippen LogP contribution in [-0.4, -0.2) is 15.2 Å². The van der Waals surface area contributed by atoms with Crippen LogP contribution in [0.25, 0.3) is 10.9 Å². The Morgan fingerprint density at radius 2 is 2.17 bits per heavy atom. The van der Waals surface area contributed by atoms with Crippen molar-refractivity contribution in [3.8, 4) is 0 Å². The quantitative estimate of drug-likeness (QED) is 0.695. The number of benzene rings is 1. The number of fused-ring (bicyclic) bond motifs is 1. The van der Waals surface area contributed by atoms with Gasteiger partial charge in [-0.05, 0) is 53.8 Å². The molecule has 0 aliphatic rings. The molecule has 18 heavy (non-hydrogen) atoms. The van der Waals surface area contributed by atoms with Gasteiger partial charge in [-0.2, -0.15) is 5.10 Å². The lowest BCUT2D eigenvalue weighted by atomic mass is 10.2. The van der Waals surface area contributed by atoms with Crippen LogP contribution in [0.3, 0.4) is 0 Å². The van der Waals surface area contributed by atoms with Gasteiger partial charge in [-0.25, -0.2) is 4.98 Å². The Balaban J connectivity index is 2.07. The molecule has 90 valence electrons. The lowest BCUT2D eigenvalue weighted by Gasteiger charge is -2.07. The monoisotopic (exact) mass is 350 g/mol. The van der Waals surface area contributed by atoms with Crippen molar-refractivity contribution in [2.75, 3.05) is 5.32 Å². The number of anilines is 2. The van der Waals surface area contributed by atoms with E-state index in [-0.39, 0.29) is 0 Å². The van der Waals surface area contributed by atoms with Crippen LogP contribution in [0.15, 0.2) is 36.5 Å². The minimum absolute atomic E-state index is 0.834. The number of H-pyrrole nitrogens is 1. The fraction of sp³-hybridized carbons (Fsp3) is 0.0769. The Morgan fingerprint density at radius 1 is 1.28 bits per heavy atom. The summed E-state index contributed by atoms with van der Waals surface area (Å²) < 4.78 is 1.19. The van der Waals surface area contributed by atoms with Gasteiger partial charge in [-0.3, -0.25) is 5.10 Å². The number of hydrogen-bond acceptors (Lipinski definition) is 3. The fourth-order valence-electron chi connectivity index (χ4n) is 1.91. The Bertz CT molecular complexity index is 705. The maximum Gasteiger partial charge on any atom is 0.141 e. The van der Waals surface area contributed by atoms with E-state index in [1.165, 1.54) is 3.57 Å². The van der Waals surface area contributed by atoms with Crippen LogP contribution >= 0.6 is 22.6 Å². The zero-order chi connectivity index (χ0) is 12.5. The van der Waals surface area contributed by atoms with Gasteiger partial charge in [0.2, 0.25) is 0 Å². The topological polar surface area (TPSA) is 53.6 Å². The van der Waals surface area contributed by atoms with Crippen molar-refractivity contribution >= 4 is 45.0 Å². The predicted molar refractivity (Wildman–Crippen MR) is 81.1 cm³/mol. The van der Waals surface area contributed by atoms with Crippen molar-refractivity contribution in [3.05, 3.63) is 45.8 Å². The normalized spacial score (nSPS) is 10.8. The molecule has 0 saturated carbocycles. The van der Waals surface area contributed by atoms with Crippen molar-refractivity contribution in [1.29, 1.82) is 0 Å². The average Bonchev–Trinajstić information content (AvgIpc) is 2.72. The van der Waals surface area contributed by atoms with Crippen LogP contribution in [0.5, 0.6) is 0 Å². The Labute approximate surface area is 118 Å². The first-order valence-corrected chi connectivity index (χ1v) is 6.64. The molecule has 0 fully saturated rings. The molecule has 4 nitrogen and oxygen atoms in total. The summed E-state index contributed by atoms with van der Waals surface area (Å²) in [5, 5.41) is 11.6. The standard InChI is InChI=1S/C13H11IN4/c1-8-12-11(18-17-8)5-6-15-13(12)16-10-4-2-3-9(14)7-10/h2-7H,1H3,(H,15,16)(H,17,18). The summed E-state index contributed by atoms with van der Waals surface area (Å²) in [5.41, 5.74) is 2.98. The lowest BCUT2D eigenvalue weighted by Crippen LogP contribution is -1.94. The molecule has 0 amide bonds. The molecule has 0 aliphatic carbocycles. The summed E-state index contributed by atoms with van der Waals surface area (Å²) >= 11 is 2.29. The highest BCUT2D eigenvalue weighted by atomic mass is 127. The van der Waals surface area contributed by atoms with Crippen LogP contribution in [-0.2, 0) is 0 Å². The van der Waals surface area contributed by atoms with Crippen LogP contribution < -0.4 is 5.32 Å². The van der Waals surface area contributed by atoms with Gasteiger partial charge in [0.05, 0.1) is 10.9 Å². The van der Waals surface area contributed by atoms with Crippen LogP contribution in [0.2, 0.25) is 0 Å². The van der Waals surface area contributed by atoms with Crippen LogP contribution in [0.1, 0.15) is 5.69 Å². The molecule has 0 spiro atoms. The van der Waals surface area contributed by atoms with Crippen LogP contribution in [0, 0.1) is 10.5 Å². The van der Waals surface area contributed by atoms with Crippen LogP contribution in [0.4, 0.5) is 11.5 Å². The Kier molecular flexibility index (Phi) is 2.91. The minimum Gasteiger partial charge on any atom is -0.340 e. The van der Waals surface area contributed by atoms with E-state index in [0.29, 0.717) is 0 Å². The molecule has 0 aliphatic heterocycles. The summed E-state index contributed by atoms with van der Waals surface area (Å²) in [5.74, 6) is 0.834. The van der Waals surface area contributed by atoms with E-state index < -0.39 is 0 Å². The molecule has 1 aromatic carbocycles. The molecule has 0 radical (unpaired) electrons. The van der Waals surface area contributed by atoms with Gasteiger partial charge in [0.25, 0.3) is 0 Å². The van der Waals surface area contributed by atoms with Gasteiger partial charge in [0.1, 0.15) is 5.82 Å². The van der Waals surface area contributed by atoms with E-state index in [4.69, 9.17) is 0 Å². The summed E-state index contributed by atoms with van der Waals surface area (Å²) in [6.07, 6.45) is 1.76. The summed E-state index contributed by atoms with van der Waals surface area (Å²) in [7, 11) is 0. The molecule has 0 bridgehead atoms. The first-order valence-electron chi connectivity index (χ1n) is 5.56. The number of hydrogen-bond donors (Lipinski definition) is 2. The van der Waals surface area contributed by atoms with Crippen molar-refractivity contribution in [1.82, 2.24) is 15.2 Å². The maximum atomic E-state index is 4.39. The van der Waals surface area contributed by atoms with Gasteiger partial charge in [0.15, 0.2) is 0 Å². The second-order valence-corrected chi connectivity index (χ2v) is 5.28. The highest BCUT2D eigenvalue weighted by Crippen LogP contribution is 2.25. The highest BCUT2D eigenvalue weighted by Gasteiger charge is 2.08. The number of pyridine rings is 1. The average molecular weight is 350 g/mol. The number of aryl methyl sites for hydroxylation is 1. The second kappa shape index (κ2) is 4.56. The van der Waals surface area contributed by atoms with E-state index in [0.717, 1.165) is 28.1 Å². The van der Waals surface area contributed by atoms with Gasteiger partial charge in [-0.1, -0.05) is 6.07 Å². The summed E-state index contributed by atoms with van der Waals surface area (Å²) in [6, 6.07) is 10.1. The van der Waals surface area contributed by atoms with Gasteiger partial charge >= 0.3 is 0 Å². The molecule has 3 rings (SSSR count). The van der Waals surface area contributed by atoms with Crippen molar-refractivity contribution in [2.24, 2.45) is 0 Å². The molecule has 0 saturated heterocycles. The number of halogens is 1. The third kappa shape index (κ3) is 2.05. The van der Waals surface area contributed by atoms with E-state index in [1.807, 2.05) is 25.1 Å². The number of rotatable bonds is 2. The summed E-state index contributed by atoms with van der Waals surface area (Å²) in [6.45, 7) is 2.00. The van der Waals surface area contributed by atoms with Crippen molar-refractivity contribution in [2.45, 2.75) is 6.92 Å². The lowest BCUT2D eigenvalue weighted by molar-refractivity contribution is 1.07. The molecule has 5 heteroatoms. The smallest absolute Gasteiger partial charge is 0.141 e. The molecule has 2 heterocycles. The number of nitrogens with one attached hydrogen (secondary N) is 2. The third-order valence-electron chi connectivity index (χ3n) is 2.74. The minimum atomic E-state index is 0.834. The molecule has 2 aromatic heterocycles. The first-order chi connectivity index (χ1) is 8.74. The third-order valence-corrected chi connectivity index (χ3v) is 3.41. The molecule has 0 unspecified atom stereocenters. The first kappa shape index (κ1) is 11.5. The van der Waals surface area contributed by atoms with Crippen molar-refractivity contribution in [3.63, 3.8) is 0 Å². The molecular weight excluding hydrogens is 339 g/mol.